The lowest BCUT2D eigenvalue weighted by molar-refractivity contribution is 0.0636. The summed E-state index contributed by atoms with van der Waals surface area (Å²) in [5.74, 6) is 0. The van der Waals surface area contributed by atoms with Gasteiger partial charge < -0.3 is 4.74 Å². The van der Waals surface area contributed by atoms with Crippen molar-refractivity contribution in [2.75, 3.05) is 5.32 Å². The molecule has 0 spiro atoms. The second-order valence-electron chi connectivity index (χ2n) is 4.95. The third-order valence-corrected chi connectivity index (χ3v) is 2.18. The molecule has 98 valence electrons. The van der Waals surface area contributed by atoms with Crippen LogP contribution in [0.15, 0.2) is 28.7 Å². The van der Waals surface area contributed by atoms with Crippen molar-refractivity contribution in [3.63, 3.8) is 0 Å². The number of ether oxygens (including phenoxy) is 1. The summed E-state index contributed by atoms with van der Waals surface area (Å²) in [5.41, 5.74) is 1.16. The zero-order valence-corrected chi connectivity index (χ0v) is 12.7. The third-order valence-electron chi connectivity index (χ3n) is 1.95. The fraction of sp³-hybridized carbons (Fsp3) is 0.357. The Morgan fingerprint density at radius 1 is 1.33 bits per heavy atom. The molecule has 0 fully saturated rings. The van der Waals surface area contributed by atoms with E-state index in [4.69, 9.17) is 4.74 Å². The highest BCUT2D eigenvalue weighted by atomic mass is 79.9. The summed E-state index contributed by atoms with van der Waals surface area (Å²) in [4.78, 5) is 11.7. The zero-order valence-electron chi connectivity index (χ0n) is 11.1. The van der Waals surface area contributed by atoms with Crippen LogP contribution in [0.1, 0.15) is 33.3 Å². The number of para-hydroxylation sites is 1. The molecule has 1 aromatic rings. The van der Waals surface area contributed by atoms with Gasteiger partial charge in [-0.3, -0.25) is 5.32 Å². The second kappa shape index (κ2) is 6.05. The average molecular weight is 312 g/mol. The van der Waals surface area contributed by atoms with E-state index in [-0.39, 0.29) is 0 Å². The van der Waals surface area contributed by atoms with Gasteiger partial charge in [0, 0.05) is 0 Å². The number of hydrogen-bond donors (Lipinski definition) is 1. The lowest BCUT2D eigenvalue weighted by Gasteiger charge is -2.20. The van der Waals surface area contributed by atoms with Gasteiger partial charge in [0.15, 0.2) is 0 Å². The topological polar surface area (TPSA) is 38.3 Å². The van der Waals surface area contributed by atoms with Crippen molar-refractivity contribution in [1.29, 1.82) is 0 Å². The average Bonchev–Trinajstić information content (AvgIpc) is 2.17. The molecule has 1 rings (SSSR count). The van der Waals surface area contributed by atoms with Crippen molar-refractivity contribution >= 4 is 33.8 Å². The van der Waals surface area contributed by atoms with Crippen LogP contribution in [0.25, 0.3) is 6.08 Å². The van der Waals surface area contributed by atoms with Gasteiger partial charge in [-0.15, -0.1) is 0 Å². The Morgan fingerprint density at radius 3 is 2.50 bits per heavy atom. The second-order valence-corrected chi connectivity index (χ2v) is 6.20. The van der Waals surface area contributed by atoms with E-state index >= 15 is 0 Å². The molecular weight excluding hydrogens is 294 g/mol. The standard InChI is InChI=1S/C14H18BrNO2/c1-10(15)9-11-7-5-6-8-12(11)16-13(17)18-14(2,3)4/h5-9H,1-4H3,(H,16,17)/b10-9-. The molecule has 3 nitrogen and oxygen atoms in total. The summed E-state index contributed by atoms with van der Waals surface area (Å²) in [6.07, 6.45) is 1.49. The minimum atomic E-state index is -0.500. The third kappa shape index (κ3) is 5.36. The van der Waals surface area contributed by atoms with Crippen molar-refractivity contribution in [2.45, 2.75) is 33.3 Å². The van der Waals surface area contributed by atoms with E-state index in [1.165, 1.54) is 0 Å². The van der Waals surface area contributed by atoms with E-state index < -0.39 is 11.7 Å². The maximum Gasteiger partial charge on any atom is 0.412 e. The van der Waals surface area contributed by atoms with Crippen LogP contribution in [0.4, 0.5) is 10.5 Å². The summed E-state index contributed by atoms with van der Waals surface area (Å²) in [6.45, 7) is 7.44. The number of nitrogens with one attached hydrogen (secondary N) is 1. The van der Waals surface area contributed by atoms with Crippen LogP contribution in [-0.2, 0) is 4.74 Å². The zero-order chi connectivity index (χ0) is 13.8. The molecule has 0 aromatic heterocycles. The Morgan fingerprint density at radius 2 is 1.94 bits per heavy atom. The predicted octanol–water partition coefficient (Wildman–Crippen LogP) is 4.79. The van der Waals surface area contributed by atoms with E-state index in [9.17, 15) is 4.79 Å². The molecule has 0 heterocycles. The van der Waals surface area contributed by atoms with Crippen molar-refractivity contribution < 1.29 is 9.53 Å². The maximum absolute atomic E-state index is 11.7. The van der Waals surface area contributed by atoms with Crippen LogP contribution in [0.5, 0.6) is 0 Å². The summed E-state index contributed by atoms with van der Waals surface area (Å²) in [5, 5.41) is 2.75. The van der Waals surface area contributed by atoms with E-state index in [0.717, 1.165) is 15.7 Å². The maximum atomic E-state index is 11.7. The fourth-order valence-corrected chi connectivity index (χ4v) is 1.61. The minimum absolute atomic E-state index is 0.449. The summed E-state index contributed by atoms with van der Waals surface area (Å²) < 4.78 is 6.21. The molecule has 1 amide bonds. The van der Waals surface area contributed by atoms with Gasteiger partial charge in [-0.2, -0.15) is 0 Å². The van der Waals surface area contributed by atoms with Gasteiger partial charge in [0.2, 0.25) is 0 Å². The van der Waals surface area contributed by atoms with Crippen LogP contribution < -0.4 is 5.32 Å². The predicted molar refractivity (Wildman–Crippen MR) is 78.9 cm³/mol. The molecule has 0 bridgehead atoms. The molecular formula is C14H18BrNO2. The molecule has 0 aliphatic heterocycles. The minimum Gasteiger partial charge on any atom is -0.444 e. The lowest BCUT2D eigenvalue weighted by atomic mass is 10.1. The quantitative estimate of drug-likeness (QED) is 0.852. The molecule has 0 aliphatic rings. The number of amides is 1. The Bertz CT molecular complexity index is 457. The molecule has 1 aromatic carbocycles. The van der Waals surface area contributed by atoms with Crippen LogP contribution in [0, 0.1) is 0 Å². The molecule has 0 radical (unpaired) electrons. The Hall–Kier alpha value is -1.29. The molecule has 0 aliphatic carbocycles. The van der Waals surface area contributed by atoms with Gasteiger partial charge in [-0.25, -0.2) is 4.79 Å². The summed E-state index contributed by atoms with van der Waals surface area (Å²) >= 11 is 3.38. The molecule has 0 atom stereocenters. The Balaban J connectivity index is 2.85. The van der Waals surface area contributed by atoms with Crippen LogP contribution in [0.3, 0.4) is 0 Å². The normalized spacial score (nSPS) is 12.2. The van der Waals surface area contributed by atoms with Crippen LogP contribution in [-0.4, -0.2) is 11.7 Å². The SMILES string of the molecule is C/C(Br)=C/c1ccccc1NC(=O)OC(C)(C)C. The first kappa shape index (κ1) is 14.8. The summed E-state index contributed by atoms with van der Waals surface area (Å²) in [6, 6.07) is 7.55. The van der Waals surface area contributed by atoms with Crippen molar-refractivity contribution in [3.8, 4) is 0 Å². The molecule has 0 saturated heterocycles. The van der Waals surface area contributed by atoms with Gasteiger partial charge in [-0.05, 0) is 49.9 Å². The first-order valence-corrected chi connectivity index (χ1v) is 6.50. The smallest absolute Gasteiger partial charge is 0.412 e. The molecule has 4 heteroatoms. The van der Waals surface area contributed by atoms with E-state index in [0.29, 0.717) is 0 Å². The van der Waals surface area contributed by atoms with Crippen LogP contribution >= 0.6 is 15.9 Å². The first-order valence-electron chi connectivity index (χ1n) is 5.71. The number of hydrogen-bond acceptors (Lipinski definition) is 2. The van der Waals surface area contributed by atoms with E-state index in [1.54, 1.807) is 0 Å². The molecule has 0 saturated carbocycles. The van der Waals surface area contributed by atoms with Gasteiger partial charge in [0.05, 0.1) is 5.69 Å². The molecule has 1 N–H and O–H groups in total. The number of halogens is 1. The highest BCUT2D eigenvalue weighted by molar-refractivity contribution is 9.11. The highest BCUT2D eigenvalue weighted by Crippen LogP contribution is 2.21. The summed E-state index contributed by atoms with van der Waals surface area (Å²) in [7, 11) is 0. The first-order chi connectivity index (χ1) is 8.28. The Labute approximate surface area is 116 Å². The van der Waals surface area contributed by atoms with Crippen LogP contribution in [0.2, 0.25) is 0 Å². The number of allylic oxidation sites excluding steroid dienone is 1. The number of rotatable bonds is 2. The number of carbonyl (C=O) groups excluding carboxylic acids is 1. The number of benzene rings is 1. The van der Waals surface area contributed by atoms with Crippen molar-refractivity contribution in [1.82, 2.24) is 0 Å². The highest BCUT2D eigenvalue weighted by Gasteiger charge is 2.16. The largest absolute Gasteiger partial charge is 0.444 e. The van der Waals surface area contributed by atoms with Gasteiger partial charge in [0.25, 0.3) is 0 Å². The number of carbonyl (C=O) groups is 1. The Kier molecular flexibility index (Phi) is 4.96. The van der Waals surface area contributed by atoms with Crippen molar-refractivity contribution in [2.24, 2.45) is 0 Å². The fourth-order valence-electron chi connectivity index (χ4n) is 1.36. The van der Waals surface area contributed by atoms with E-state index in [2.05, 4.69) is 21.2 Å². The van der Waals surface area contributed by atoms with Crippen molar-refractivity contribution in [3.05, 3.63) is 34.3 Å². The van der Waals surface area contributed by atoms with E-state index in [1.807, 2.05) is 58.0 Å². The van der Waals surface area contributed by atoms with Gasteiger partial charge in [-0.1, -0.05) is 34.1 Å². The van der Waals surface area contributed by atoms with Gasteiger partial charge in [0.1, 0.15) is 5.60 Å². The monoisotopic (exact) mass is 311 g/mol. The lowest BCUT2D eigenvalue weighted by Crippen LogP contribution is -2.27. The molecule has 18 heavy (non-hydrogen) atoms. The number of anilines is 1. The van der Waals surface area contributed by atoms with Gasteiger partial charge >= 0.3 is 6.09 Å². The molecule has 0 unspecified atom stereocenters.